The molecule has 0 bridgehead atoms. The van der Waals surface area contributed by atoms with Crippen LogP contribution in [0.15, 0.2) is 18.7 Å². The van der Waals surface area contributed by atoms with Crippen LogP contribution in [0.4, 0.5) is 0 Å². The molecule has 0 aliphatic rings. The van der Waals surface area contributed by atoms with E-state index in [1.165, 1.54) is 0 Å². The second-order valence-corrected chi connectivity index (χ2v) is 2.47. The lowest BCUT2D eigenvalue weighted by Crippen LogP contribution is -2.30. The van der Waals surface area contributed by atoms with Gasteiger partial charge >= 0.3 is 0 Å². The summed E-state index contributed by atoms with van der Waals surface area (Å²) in [5.41, 5.74) is 5.70. The topological polar surface area (TPSA) is 53.1 Å². The van der Waals surface area contributed by atoms with Crippen molar-refractivity contribution in [2.45, 2.75) is 12.6 Å². The van der Waals surface area contributed by atoms with Gasteiger partial charge in [0, 0.05) is 32.1 Å². The molecule has 0 saturated heterocycles. The first-order valence-electron chi connectivity index (χ1n) is 3.53. The van der Waals surface area contributed by atoms with Gasteiger partial charge in [0.1, 0.15) is 0 Å². The number of hydrogen-bond donors (Lipinski definition) is 1. The normalized spacial score (nSPS) is 13.3. The fourth-order valence-corrected chi connectivity index (χ4v) is 0.932. The van der Waals surface area contributed by atoms with Crippen molar-refractivity contribution in [2.24, 2.45) is 5.73 Å². The van der Waals surface area contributed by atoms with E-state index in [9.17, 15) is 0 Å². The minimum absolute atomic E-state index is 0.0502. The quantitative estimate of drug-likeness (QED) is 0.658. The van der Waals surface area contributed by atoms with Gasteiger partial charge in [-0.25, -0.2) is 4.98 Å². The molecule has 0 aliphatic carbocycles. The lowest BCUT2D eigenvalue weighted by atomic mass is 10.3. The molecule has 0 saturated carbocycles. The van der Waals surface area contributed by atoms with Gasteiger partial charge in [-0.2, -0.15) is 0 Å². The molecule has 1 atom stereocenters. The van der Waals surface area contributed by atoms with Gasteiger partial charge in [-0.05, 0) is 0 Å². The Hall–Kier alpha value is -0.870. The maximum Gasteiger partial charge on any atom is 0.0946 e. The van der Waals surface area contributed by atoms with E-state index >= 15 is 0 Å². The first-order valence-corrected chi connectivity index (χ1v) is 3.53. The van der Waals surface area contributed by atoms with E-state index in [1.807, 2.05) is 10.8 Å². The third-order valence-electron chi connectivity index (χ3n) is 1.39. The van der Waals surface area contributed by atoms with Crippen LogP contribution >= 0.6 is 0 Å². The lowest BCUT2D eigenvalue weighted by molar-refractivity contribution is 0.173. The Morgan fingerprint density at radius 1 is 1.73 bits per heavy atom. The lowest BCUT2D eigenvalue weighted by Gasteiger charge is -2.09. The van der Waals surface area contributed by atoms with Crippen molar-refractivity contribution in [3.63, 3.8) is 0 Å². The van der Waals surface area contributed by atoms with Gasteiger partial charge in [0.15, 0.2) is 0 Å². The Labute approximate surface area is 66.0 Å². The van der Waals surface area contributed by atoms with Crippen molar-refractivity contribution in [1.82, 2.24) is 9.55 Å². The third kappa shape index (κ3) is 2.69. The maximum atomic E-state index is 5.70. The van der Waals surface area contributed by atoms with Crippen LogP contribution in [0.1, 0.15) is 0 Å². The molecule has 1 aromatic heterocycles. The Bertz CT molecular complexity index is 186. The number of rotatable bonds is 4. The van der Waals surface area contributed by atoms with E-state index < -0.39 is 0 Å². The number of nitrogens with zero attached hydrogens (tertiary/aromatic N) is 2. The maximum absolute atomic E-state index is 5.70. The van der Waals surface area contributed by atoms with Crippen LogP contribution in [-0.4, -0.2) is 29.3 Å². The molecule has 1 unspecified atom stereocenters. The second kappa shape index (κ2) is 4.10. The fraction of sp³-hybridized carbons (Fsp3) is 0.571. The molecule has 0 aromatic carbocycles. The number of nitrogens with two attached hydrogens (primary N) is 1. The van der Waals surface area contributed by atoms with E-state index in [0.29, 0.717) is 6.61 Å². The molecule has 2 N–H and O–H groups in total. The number of hydrogen-bond acceptors (Lipinski definition) is 3. The predicted octanol–water partition coefficient (Wildman–Crippen LogP) is -0.143. The van der Waals surface area contributed by atoms with Crippen molar-refractivity contribution in [2.75, 3.05) is 13.7 Å². The average molecular weight is 155 g/mol. The molecule has 0 radical (unpaired) electrons. The summed E-state index contributed by atoms with van der Waals surface area (Å²) in [6.45, 7) is 1.34. The predicted molar refractivity (Wildman–Crippen MR) is 42.1 cm³/mol. The van der Waals surface area contributed by atoms with Gasteiger partial charge in [-0.15, -0.1) is 0 Å². The first-order chi connectivity index (χ1) is 5.33. The average Bonchev–Trinajstić information content (AvgIpc) is 2.40. The SMILES string of the molecule is COCC(N)Cn1ccnc1. The Morgan fingerprint density at radius 3 is 3.09 bits per heavy atom. The molecule has 62 valence electrons. The molecule has 11 heavy (non-hydrogen) atoms. The van der Waals surface area contributed by atoms with Crippen molar-refractivity contribution in [3.05, 3.63) is 18.7 Å². The molecule has 0 spiro atoms. The number of aromatic nitrogens is 2. The molecule has 4 heteroatoms. The van der Waals surface area contributed by atoms with Gasteiger partial charge in [0.2, 0.25) is 0 Å². The summed E-state index contributed by atoms with van der Waals surface area (Å²) < 4.78 is 6.83. The molecular formula is C7H13N3O. The molecule has 1 heterocycles. The van der Waals surface area contributed by atoms with E-state index in [0.717, 1.165) is 6.54 Å². The van der Waals surface area contributed by atoms with E-state index in [-0.39, 0.29) is 6.04 Å². The largest absolute Gasteiger partial charge is 0.383 e. The molecule has 4 nitrogen and oxygen atoms in total. The highest BCUT2D eigenvalue weighted by molar-refractivity contribution is 4.76. The zero-order chi connectivity index (χ0) is 8.10. The summed E-state index contributed by atoms with van der Waals surface area (Å²) in [7, 11) is 1.65. The Balaban J connectivity index is 2.31. The second-order valence-electron chi connectivity index (χ2n) is 2.47. The van der Waals surface area contributed by atoms with Crippen LogP contribution in [0.2, 0.25) is 0 Å². The summed E-state index contributed by atoms with van der Waals surface area (Å²) in [5, 5.41) is 0. The van der Waals surface area contributed by atoms with Crippen LogP contribution < -0.4 is 5.73 Å². The summed E-state index contributed by atoms with van der Waals surface area (Å²) in [6.07, 6.45) is 5.37. The van der Waals surface area contributed by atoms with Crippen molar-refractivity contribution in [1.29, 1.82) is 0 Å². The summed E-state index contributed by atoms with van der Waals surface area (Å²) in [5.74, 6) is 0. The summed E-state index contributed by atoms with van der Waals surface area (Å²) in [4.78, 5) is 3.90. The minimum atomic E-state index is 0.0502. The van der Waals surface area contributed by atoms with Gasteiger partial charge in [0.05, 0.1) is 12.9 Å². The summed E-state index contributed by atoms with van der Waals surface area (Å²) in [6, 6.07) is 0.0502. The van der Waals surface area contributed by atoms with Crippen LogP contribution in [0.25, 0.3) is 0 Å². The highest BCUT2D eigenvalue weighted by atomic mass is 16.5. The van der Waals surface area contributed by atoms with Gasteiger partial charge in [-0.3, -0.25) is 0 Å². The first kappa shape index (κ1) is 8.23. The standard InChI is InChI=1S/C7H13N3O/c1-11-5-7(8)4-10-3-2-9-6-10/h2-3,6-7H,4-5,8H2,1H3. The van der Waals surface area contributed by atoms with Gasteiger partial charge in [-0.1, -0.05) is 0 Å². The highest BCUT2D eigenvalue weighted by Gasteiger charge is 2.00. The molecule has 0 aliphatic heterocycles. The molecule has 0 amide bonds. The van der Waals surface area contributed by atoms with Crippen LogP contribution in [-0.2, 0) is 11.3 Å². The third-order valence-corrected chi connectivity index (χ3v) is 1.39. The zero-order valence-electron chi connectivity index (χ0n) is 6.60. The number of imidazole rings is 1. The Morgan fingerprint density at radius 2 is 2.55 bits per heavy atom. The van der Waals surface area contributed by atoms with Gasteiger partial charge in [0.25, 0.3) is 0 Å². The van der Waals surface area contributed by atoms with Crippen molar-refractivity contribution >= 4 is 0 Å². The van der Waals surface area contributed by atoms with E-state index in [4.69, 9.17) is 10.5 Å². The smallest absolute Gasteiger partial charge is 0.0946 e. The van der Waals surface area contributed by atoms with E-state index in [1.54, 1.807) is 19.6 Å². The molecule has 0 fully saturated rings. The van der Waals surface area contributed by atoms with Crippen molar-refractivity contribution < 1.29 is 4.74 Å². The zero-order valence-corrected chi connectivity index (χ0v) is 6.60. The minimum Gasteiger partial charge on any atom is -0.383 e. The summed E-state index contributed by atoms with van der Waals surface area (Å²) >= 11 is 0. The Kier molecular flexibility index (Phi) is 3.07. The fourth-order valence-electron chi connectivity index (χ4n) is 0.932. The number of ether oxygens (including phenoxy) is 1. The molecule has 1 aromatic rings. The van der Waals surface area contributed by atoms with Crippen molar-refractivity contribution in [3.8, 4) is 0 Å². The molecular weight excluding hydrogens is 142 g/mol. The molecule has 1 rings (SSSR count). The number of methoxy groups -OCH3 is 1. The monoisotopic (exact) mass is 155 g/mol. The van der Waals surface area contributed by atoms with E-state index in [2.05, 4.69) is 4.98 Å². The highest BCUT2D eigenvalue weighted by Crippen LogP contribution is 1.89. The van der Waals surface area contributed by atoms with Gasteiger partial charge < -0.3 is 15.0 Å². The van der Waals surface area contributed by atoms with Crippen LogP contribution in [0.3, 0.4) is 0 Å². The van der Waals surface area contributed by atoms with Crippen LogP contribution in [0.5, 0.6) is 0 Å². The van der Waals surface area contributed by atoms with Crippen LogP contribution in [0, 0.1) is 0 Å².